The molecule has 0 atom stereocenters. The molecular formula is C16H20N2S. The zero-order chi connectivity index (χ0) is 13.1. The van der Waals surface area contributed by atoms with Crippen molar-refractivity contribution >= 4 is 16.5 Å². The number of benzene rings is 1. The van der Waals surface area contributed by atoms with Gasteiger partial charge in [-0.1, -0.05) is 49.6 Å². The van der Waals surface area contributed by atoms with Crippen LogP contribution < -0.4 is 5.73 Å². The molecule has 0 bridgehead atoms. The van der Waals surface area contributed by atoms with Gasteiger partial charge in [-0.15, -0.1) is 0 Å². The van der Waals surface area contributed by atoms with E-state index < -0.39 is 0 Å². The van der Waals surface area contributed by atoms with E-state index >= 15 is 0 Å². The summed E-state index contributed by atoms with van der Waals surface area (Å²) in [4.78, 5) is 0. The van der Waals surface area contributed by atoms with Gasteiger partial charge >= 0.3 is 0 Å². The molecule has 1 aliphatic rings. The quantitative estimate of drug-likeness (QED) is 0.901. The van der Waals surface area contributed by atoms with Gasteiger partial charge in [0.1, 0.15) is 5.00 Å². The Morgan fingerprint density at radius 2 is 1.84 bits per heavy atom. The topological polar surface area (TPSA) is 38.9 Å². The molecule has 2 aromatic rings. The van der Waals surface area contributed by atoms with Crippen LogP contribution in [0.4, 0.5) is 5.00 Å². The van der Waals surface area contributed by atoms with Crippen LogP contribution in [0.25, 0.3) is 0 Å². The van der Waals surface area contributed by atoms with Crippen molar-refractivity contribution in [3.63, 3.8) is 0 Å². The number of aromatic nitrogens is 1. The first-order valence-electron chi connectivity index (χ1n) is 7.12. The smallest absolute Gasteiger partial charge is 0.110 e. The summed E-state index contributed by atoms with van der Waals surface area (Å²) in [5.74, 6) is 0.640. The van der Waals surface area contributed by atoms with Crippen LogP contribution in [0.15, 0.2) is 30.3 Å². The van der Waals surface area contributed by atoms with Gasteiger partial charge in [0.05, 0.1) is 5.69 Å². The summed E-state index contributed by atoms with van der Waals surface area (Å²) in [5.41, 5.74) is 10.0. The van der Waals surface area contributed by atoms with Crippen LogP contribution in [-0.2, 0) is 6.42 Å². The van der Waals surface area contributed by atoms with E-state index in [1.165, 1.54) is 60.5 Å². The summed E-state index contributed by atoms with van der Waals surface area (Å²) in [6, 6.07) is 10.6. The van der Waals surface area contributed by atoms with E-state index in [2.05, 4.69) is 34.7 Å². The molecule has 1 saturated carbocycles. The molecule has 0 aliphatic heterocycles. The molecule has 0 saturated heterocycles. The fraction of sp³-hybridized carbons (Fsp3) is 0.438. The molecule has 1 heterocycles. The third-order valence-electron chi connectivity index (χ3n) is 4.06. The van der Waals surface area contributed by atoms with Gasteiger partial charge in [0.15, 0.2) is 0 Å². The van der Waals surface area contributed by atoms with Gasteiger partial charge in [0.2, 0.25) is 0 Å². The Morgan fingerprint density at radius 1 is 1.11 bits per heavy atom. The van der Waals surface area contributed by atoms with Crippen LogP contribution in [0.1, 0.15) is 54.8 Å². The SMILES string of the molecule is Nc1snc(C2CCCCC2)c1Cc1ccccc1. The first kappa shape index (κ1) is 12.7. The van der Waals surface area contributed by atoms with E-state index in [0.29, 0.717) is 5.92 Å². The van der Waals surface area contributed by atoms with Crippen LogP contribution in [0, 0.1) is 0 Å². The number of nitrogen functional groups attached to an aromatic ring is 1. The first-order chi connectivity index (χ1) is 9.34. The summed E-state index contributed by atoms with van der Waals surface area (Å²) >= 11 is 1.47. The Labute approximate surface area is 118 Å². The van der Waals surface area contributed by atoms with Crippen LogP contribution in [-0.4, -0.2) is 4.37 Å². The minimum atomic E-state index is 0.640. The number of hydrogen-bond acceptors (Lipinski definition) is 3. The molecule has 100 valence electrons. The molecule has 2 nitrogen and oxygen atoms in total. The summed E-state index contributed by atoms with van der Waals surface area (Å²) in [6.45, 7) is 0. The van der Waals surface area contributed by atoms with Crippen molar-refractivity contribution in [1.82, 2.24) is 4.37 Å². The van der Waals surface area contributed by atoms with Crippen molar-refractivity contribution in [1.29, 1.82) is 0 Å². The van der Waals surface area contributed by atoms with Crippen molar-refractivity contribution in [3.05, 3.63) is 47.2 Å². The lowest BCUT2D eigenvalue weighted by molar-refractivity contribution is 0.437. The molecule has 1 aromatic carbocycles. The number of nitrogens with zero attached hydrogens (tertiary/aromatic N) is 1. The molecule has 1 aliphatic carbocycles. The predicted octanol–water partition coefficient (Wildman–Crippen LogP) is 4.36. The highest BCUT2D eigenvalue weighted by Gasteiger charge is 2.22. The largest absolute Gasteiger partial charge is 0.389 e. The van der Waals surface area contributed by atoms with Crippen molar-refractivity contribution in [2.45, 2.75) is 44.4 Å². The number of rotatable bonds is 3. The third-order valence-corrected chi connectivity index (χ3v) is 4.80. The molecule has 0 radical (unpaired) electrons. The third kappa shape index (κ3) is 2.81. The number of nitrogens with two attached hydrogens (primary N) is 1. The maximum Gasteiger partial charge on any atom is 0.110 e. The van der Waals surface area contributed by atoms with E-state index in [1.54, 1.807) is 0 Å². The number of hydrogen-bond donors (Lipinski definition) is 1. The average Bonchev–Trinajstić information content (AvgIpc) is 2.82. The van der Waals surface area contributed by atoms with Crippen LogP contribution >= 0.6 is 11.5 Å². The predicted molar refractivity (Wildman–Crippen MR) is 81.6 cm³/mol. The second kappa shape index (κ2) is 5.74. The van der Waals surface area contributed by atoms with Crippen LogP contribution in [0.3, 0.4) is 0 Å². The van der Waals surface area contributed by atoms with Gasteiger partial charge in [0.25, 0.3) is 0 Å². The Morgan fingerprint density at radius 3 is 2.58 bits per heavy atom. The van der Waals surface area contributed by atoms with Crippen molar-refractivity contribution in [2.75, 3.05) is 5.73 Å². The lowest BCUT2D eigenvalue weighted by Crippen LogP contribution is -2.08. The van der Waals surface area contributed by atoms with E-state index in [4.69, 9.17) is 5.73 Å². The second-order valence-corrected chi connectivity index (χ2v) is 6.21. The van der Waals surface area contributed by atoms with E-state index in [9.17, 15) is 0 Å². The summed E-state index contributed by atoms with van der Waals surface area (Å²) < 4.78 is 4.65. The van der Waals surface area contributed by atoms with Crippen LogP contribution in [0.2, 0.25) is 0 Å². The van der Waals surface area contributed by atoms with Crippen molar-refractivity contribution in [2.24, 2.45) is 0 Å². The fourth-order valence-electron chi connectivity index (χ4n) is 3.01. The standard InChI is InChI=1S/C16H20N2S/c17-16-14(11-12-7-3-1-4-8-12)15(18-19-16)13-9-5-2-6-10-13/h1,3-4,7-8,13H,2,5-6,9-11,17H2. The molecule has 1 aromatic heterocycles. The highest BCUT2D eigenvalue weighted by Crippen LogP contribution is 2.37. The Balaban J connectivity index is 1.86. The molecule has 3 heteroatoms. The maximum absolute atomic E-state index is 6.15. The average molecular weight is 272 g/mol. The van der Waals surface area contributed by atoms with E-state index in [1.807, 2.05) is 0 Å². The minimum Gasteiger partial charge on any atom is -0.389 e. The second-order valence-electron chi connectivity index (χ2n) is 5.41. The number of anilines is 1. The molecule has 2 N–H and O–H groups in total. The maximum atomic E-state index is 6.15. The van der Waals surface area contributed by atoms with Gasteiger partial charge in [-0.3, -0.25) is 0 Å². The summed E-state index contributed by atoms with van der Waals surface area (Å²) in [6.07, 6.45) is 7.55. The normalized spacial score (nSPS) is 16.6. The highest BCUT2D eigenvalue weighted by molar-refractivity contribution is 7.10. The van der Waals surface area contributed by atoms with Crippen LogP contribution in [0.5, 0.6) is 0 Å². The van der Waals surface area contributed by atoms with Gasteiger partial charge in [-0.2, -0.15) is 4.37 Å². The molecule has 19 heavy (non-hydrogen) atoms. The molecule has 1 fully saturated rings. The zero-order valence-corrected chi connectivity index (χ0v) is 12.0. The first-order valence-corrected chi connectivity index (χ1v) is 7.90. The summed E-state index contributed by atoms with van der Waals surface area (Å²) in [7, 11) is 0. The molecule has 3 rings (SSSR count). The van der Waals surface area contributed by atoms with Crippen molar-refractivity contribution < 1.29 is 0 Å². The van der Waals surface area contributed by atoms with E-state index in [0.717, 1.165) is 11.4 Å². The zero-order valence-electron chi connectivity index (χ0n) is 11.1. The monoisotopic (exact) mass is 272 g/mol. The van der Waals surface area contributed by atoms with Gasteiger partial charge in [-0.05, 0) is 29.9 Å². The minimum absolute atomic E-state index is 0.640. The van der Waals surface area contributed by atoms with Gasteiger partial charge < -0.3 is 5.73 Å². The fourth-order valence-corrected chi connectivity index (χ4v) is 3.75. The molecule has 0 amide bonds. The molecular weight excluding hydrogens is 252 g/mol. The lowest BCUT2D eigenvalue weighted by atomic mass is 9.84. The molecule has 0 unspecified atom stereocenters. The lowest BCUT2D eigenvalue weighted by Gasteiger charge is -2.21. The van der Waals surface area contributed by atoms with Crippen molar-refractivity contribution in [3.8, 4) is 0 Å². The summed E-state index contributed by atoms with van der Waals surface area (Å²) in [5, 5.41) is 0.907. The Hall–Kier alpha value is -1.35. The molecule has 0 spiro atoms. The van der Waals surface area contributed by atoms with Gasteiger partial charge in [0, 0.05) is 17.9 Å². The Bertz CT molecular complexity index is 527. The van der Waals surface area contributed by atoms with E-state index in [-0.39, 0.29) is 0 Å². The highest BCUT2D eigenvalue weighted by atomic mass is 32.1. The Kier molecular flexibility index (Phi) is 3.83. The van der Waals surface area contributed by atoms with Gasteiger partial charge in [-0.25, -0.2) is 0 Å².